The monoisotopic (exact) mass is 434 g/mol. The molecule has 10 nitrogen and oxygen atoms in total. The fourth-order valence-corrected chi connectivity index (χ4v) is 4.13. The fraction of sp³-hybridized carbons (Fsp3) is 0.409. The molecule has 0 atom stereocenters. The van der Waals surface area contributed by atoms with Crippen LogP contribution in [0.5, 0.6) is 5.88 Å². The van der Waals surface area contributed by atoms with Crippen LogP contribution >= 0.6 is 0 Å². The maximum absolute atomic E-state index is 12.7. The first-order valence-electron chi connectivity index (χ1n) is 10.7. The first-order valence-corrected chi connectivity index (χ1v) is 10.7. The second kappa shape index (κ2) is 7.77. The molecule has 3 aromatic heterocycles. The van der Waals surface area contributed by atoms with Crippen LogP contribution in [0.25, 0.3) is 21.9 Å². The van der Waals surface area contributed by atoms with Gasteiger partial charge in [0.25, 0.3) is 5.56 Å². The maximum Gasteiger partial charge on any atom is 0.265 e. The Labute approximate surface area is 185 Å². The minimum atomic E-state index is -0.0762. The number of hydrogen-bond donors (Lipinski definition) is 0. The average molecular weight is 435 g/mol. The van der Waals surface area contributed by atoms with E-state index in [-0.39, 0.29) is 11.7 Å². The van der Waals surface area contributed by atoms with Crippen molar-refractivity contribution in [2.45, 2.75) is 20.0 Å². The van der Waals surface area contributed by atoms with Gasteiger partial charge in [0.2, 0.25) is 11.8 Å². The van der Waals surface area contributed by atoms with Gasteiger partial charge in [-0.25, -0.2) is 9.97 Å². The summed E-state index contributed by atoms with van der Waals surface area (Å²) in [5.41, 5.74) is 2.37. The summed E-state index contributed by atoms with van der Waals surface area (Å²) in [6.45, 7) is 7.07. The minimum absolute atomic E-state index is 0.0379. The Bertz CT molecular complexity index is 1350. The average Bonchev–Trinajstić information content (AvgIpc) is 3.16. The molecular weight excluding hydrogens is 408 g/mol. The van der Waals surface area contributed by atoms with Crippen molar-refractivity contribution in [1.82, 2.24) is 29.3 Å². The van der Waals surface area contributed by atoms with Crippen molar-refractivity contribution in [3.63, 3.8) is 0 Å². The van der Waals surface area contributed by atoms with E-state index in [2.05, 4.69) is 42.0 Å². The highest BCUT2D eigenvalue weighted by molar-refractivity contribution is 5.86. The van der Waals surface area contributed by atoms with Gasteiger partial charge in [0.05, 0.1) is 17.0 Å². The summed E-state index contributed by atoms with van der Waals surface area (Å²) in [7, 11) is 3.56. The molecule has 0 saturated carbocycles. The second-order valence-electron chi connectivity index (χ2n) is 8.34. The van der Waals surface area contributed by atoms with E-state index in [9.17, 15) is 4.79 Å². The third kappa shape index (κ3) is 3.51. The molecule has 4 aromatic rings. The highest BCUT2D eigenvalue weighted by Crippen LogP contribution is 2.28. The zero-order valence-electron chi connectivity index (χ0n) is 18.7. The number of hydrogen-bond acceptors (Lipinski definition) is 8. The van der Waals surface area contributed by atoms with Gasteiger partial charge < -0.3 is 14.5 Å². The van der Waals surface area contributed by atoms with Crippen LogP contribution in [0, 0.1) is 0 Å². The maximum atomic E-state index is 12.7. The van der Waals surface area contributed by atoms with Gasteiger partial charge in [-0.15, -0.1) is 0 Å². The van der Waals surface area contributed by atoms with Crippen molar-refractivity contribution in [3.05, 3.63) is 41.1 Å². The molecule has 0 aliphatic carbocycles. The fourth-order valence-electron chi connectivity index (χ4n) is 4.13. The summed E-state index contributed by atoms with van der Waals surface area (Å²) >= 11 is 0. The topological polar surface area (TPSA) is 94.2 Å². The lowest BCUT2D eigenvalue weighted by Gasteiger charge is -2.37. The summed E-state index contributed by atoms with van der Waals surface area (Å²) < 4.78 is 9.12. The smallest absolute Gasteiger partial charge is 0.265 e. The molecule has 0 amide bonds. The standard InChI is InChI=1S/C22H26N8O2/c1-14(2)32-20-16-11-15(5-6-18(16)23-13-24-20)29-7-9-30(10-8-29)22-25-19-17(12-27(3)26-19)21(31)28(22)4/h5-6,11-14H,7-10H2,1-4H3. The Morgan fingerprint density at radius 2 is 1.75 bits per heavy atom. The lowest BCUT2D eigenvalue weighted by molar-refractivity contribution is 0.235. The number of aromatic nitrogens is 6. The predicted octanol–water partition coefficient (Wildman–Crippen LogP) is 1.72. The molecule has 1 aliphatic rings. The molecule has 0 N–H and O–H groups in total. The van der Waals surface area contributed by atoms with E-state index in [1.54, 1.807) is 29.5 Å². The molecule has 1 fully saturated rings. The lowest BCUT2D eigenvalue weighted by Crippen LogP contribution is -2.48. The Kier molecular flexibility index (Phi) is 4.91. The predicted molar refractivity (Wildman–Crippen MR) is 123 cm³/mol. The molecule has 32 heavy (non-hydrogen) atoms. The van der Waals surface area contributed by atoms with Crippen molar-refractivity contribution in [2.75, 3.05) is 36.0 Å². The highest BCUT2D eigenvalue weighted by atomic mass is 16.5. The van der Waals surface area contributed by atoms with E-state index < -0.39 is 0 Å². The zero-order valence-corrected chi connectivity index (χ0v) is 18.7. The number of ether oxygens (including phenoxy) is 1. The van der Waals surface area contributed by atoms with E-state index in [1.165, 1.54) is 6.33 Å². The molecule has 0 radical (unpaired) electrons. The van der Waals surface area contributed by atoms with E-state index in [0.717, 1.165) is 42.8 Å². The molecule has 1 aliphatic heterocycles. The van der Waals surface area contributed by atoms with Crippen molar-refractivity contribution in [1.29, 1.82) is 0 Å². The van der Waals surface area contributed by atoms with E-state index in [4.69, 9.17) is 4.74 Å². The van der Waals surface area contributed by atoms with E-state index >= 15 is 0 Å². The van der Waals surface area contributed by atoms with Crippen molar-refractivity contribution < 1.29 is 4.74 Å². The summed E-state index contributed by atoms with van der Waals surface area (Å²) in [5.74, 6) is 1.26. The normalized spacial score (nSPS) is 14.7. The first-order chi connectivity index (χ1) is 15.4. The SMILES string of the molecule is CC(C)Oc1ncnc2ccc(N3CCN(c4nc5nn(C)cc5c(=O)n4C)CC3)cc12. The van der Waals surface area contributed by atoms with Crippen LogP contribution in [-0.4, -0.2) is 61.6 Å². The van der Waals surface area contributed by atoms with Crippen LogP contribution in [0.1, 0.15) is 13.8 Å². The van der Waals surface area contributed by atoms with Crippen molar-refractivity contribution in [2.24, 2.45) is 14.1 Å². The number of benzene rings is 1. The molecule has 10 heteroatoms. The minimum Gasteiger partial charge on any atom is -0.474 e. The van der Waals surface area contributed by atoms with Gasteiger partial charge in [0.15, 0.2) is 5.65 Å². The number of anilines is 2. The third-order valence-electron chi connectivity index (χ3n) is 5.71. The van der Waals surface area contributed by atoms with Gasteiger partial charge in [-0.2, -0.15) is 10.1 Å². The molecule has 0 unspecified atom stereocenters. The number of rotatable bonds is 4. The summed E-state index contributed by atoms with van der Waals surface area (Å²) in [6.07, 6.45) is 3.29. The van der Waals surface area contributed by atoms with Gasteiger partial charge in [0, 0.05) is 52.2 Å². The van der Waals surface area contributed by atoms with E-state index in [1.807, 2.05) is 19.9 Å². The Balaban J connectivity index is 1.39. The first kappa shape index (κ1) is 20.2. The number of fused-ring (bicyclic) bond motifs is 2. The molecule has 5 rings (SSSR count). The summed E-state index contributed by atoms with van der Waals surface area (Å²) in [4.78, 5) is 30.5. The van der Waals surface area contributed by atoms with Crippen LogP contribution in [0.3, 0.4) is 0 Å². The number of piperazine rings is 1. The molecular formula is C22H26N8O2. The lowest BCUT2D eigenvalue weighted by atomic mass is 10.2. The van der Waals surface area contributed by atoms with Gasteiger partial charge in [0.1, 0.15) is 11.7 Å². The summed E-state index contributed by atoms with van der Waals surface area (Å²) in [6, 6.07) is 6.18. The van der Waals surface area contributed by atoms with Crippen molar-refractivity contribution >= 4 is 33.6 Å². The highest BCUT2D eigenvalue weighted by Gasteiger charge is 2.23. The number of nitrogens with zero attached hydrogens (tertiary/aromatic N) is 8. The van der Waals surface area contributed by atoms with Gasteiger partial charge in [-0.3, -0.25) is 14.0 Å². The van der Waals surface area contributed by atoms with Crippen LogP contribution in [0.2, 0.25) is 0 Å². The quantitative estimate of drug-likeness (QED) is 0.479. The molecule has 0 spiro atoms. The Morgan fingerprint density at radius 1 is 1.00 bits per heavy atom. The molecule has 166 valence electrons. The van der Waals surface area contributed by atoms with E-state index in [0.29, 0.717) is 22.9 Å². The molecule has 4 heterocycles. The van der Waals surface area contributed by atoms with Crippen LogP contribution < -0.4 is 20.1 Å². The van der Waals surface area contributed by atoms with Crippen LogP contribution in [-0.2, 0) is 14.1 Å². The Morgan fingerprint density at radius 3 is 2.50 bits per heavy atom. The van der Waals surface area contributed by atoms with Gasteiger partial charge in [-0.1, -0.05) is 0 Å². The van der Waals surface area contributed by atoms with Gasteiger partial charge in [-0.05, 0) is 32.0 Å². The number of aryl methyl sites for hydroxylation is 1. The van der Waals surface area contributed by atoms with Crippen LogP contribution in [0.15, 0.2) is 35.5 Å². The largest absolute Gasteiger partial charge is 0.474 e. The van der Waals surface area contributed by atoms with Crippen LogP contribution in [0.4, 0.5) is 11.6 Å². The zero-order chi connectivity index (χ0) is 22.4. The second-order valence-corrected chi connectivity index (χ2v) is 8.34. The Hall–Kier alpha value is -3.69. The van der Waals surface area contributed by atoms with Gasteiger partial charge >= 0.3 is 0 Å². The molecule has 1 aromatic carbocycles. The van der Waals surface area contributed by atoms with Crippen molar-refractivity contribution in [3.8, 4) is 5.88 Å². The molecule has 0 bridgehead atoms. The summed E-state index contributed by atoms with van der Waals surface area (Å²) in [5, 5.41) is 5.77. The third-order valence-corrected chi connectivity index (χ3v) is 5.71. The molecule has 1 saturated heterocycles.